The van der Waals surface area contributed by atoms with Crippen LogP contribution >= 0.6 is 0 Å². The molecule has 3 unspecified atom stereocenters. The zero-order valence-corrected chi connectivity index (χ0v) is 11.1. The lowest BCUT2D eigenvalue weighted by Crippen LogP contribution is -2.49. The normalized spacial score (nSPS) is 26.8. The predicted octanol–water partition coefficient (Wildman–Crippen LogP) is 0.650. The summed E-state index contributed by atoms with van der Waals surface area (Å²) in [5.74, 6) is -0.748. The van der Waals surface area contributed by atoms with E-state index in [1.54, 1.807) is 0 Å². The van der Waals surface area contributed by atoms with Crippen LogP contribution in [-0.2, 0) is 4.79 Å². The van der Waals surface area contributed by atoms with Crippen molar-refractivity contribution in [3.05, 3.63) is 0 Å². The molecule has 104 valence electrons. The summed E-state index contributed by atoms with van der Waals surface area (Å²) >= 11 is 0. The molecule has 4 atom stereocenters. The molecule has 1 fully saturated rings. The number of likely N-dealkylation sites (tertiary alicyclic amines) is 1. The van der Waals surface area contributed by atoms with E-state index >= 15 is 0 Å². The van der Waals surface area contributed by atoms with Gasteiger partial charge in [-0.1, -0.05) is 20.3 Å². The van der Waals surface area contributed by atoms with Gasteiger partial charge in [0.25, 0.3) is 0 Å². The van der Waals surface area contributed by atoms with Crippen molar-refractivity contribution < 1.29 is 19.8 Å². The third-order valence-electron chi connectivity index (χ3n) is 3.67. The first-order valence-electron chi connectivity index (χ1n) is 6.34. The zero-order valence-electron chi connectivity index (χ0n) is 11.1. The molecule has 0 aliphatic carbocycles. The molecular weight excluding hydrogens is 236 g/mol. The van der Waals surface area contributed by atoms with E-state index in [0.29, 0.717) is 5.92 Å². The van der Waals surface area contributed by atoms with Gasteiger partial charge in [0.2, 0.25) is 0 Å². The van der Waals surface area contributed by atoms with Gasteiger partial charge in [0.05, 0.1) is 6.10 Å². The van der Waals surface area contributed by atoms with Crippen LogP contribution in [0.2, 0.25) is 0 Å². The number of β-amino-alcohol motifs (C(OH)–C–C–N with tert-alkyl or cyclic N) is 1. The molecule has 1 rings (SSSR count). The summed E-state index contributed by atoms with van der Waals surface area (Å²) in [5, 5.41) is 21.3. The topological polar surface area (TPSA) is 89.9 Å². The highest BCUT2D eigenvalue weighted by molar-refractivity contribution is 5.83. The number of nitrogens with one attached hydrogen (secondary N) is 1. The van der Waals surface area contributed by atoms with Crippen molar-refractivity contribution in [2.75, 3.05) is 6.54 Å². The van der Waals surface area contributed by atoms with Gasteiger partial charge in [-0.25, -0.2) is 9.59 Å². The van der Waals surface area contributed by atoms with E-state index in [2.05, 4.69) is 5.32 Å². The van der Waals surface area contributed by atoms with Crippen molar-refractivity contribution in [1.82, 2.24) is 10.2 Å². The maximum atomic E-state index is 12.0. The average Bonchev–Trinajstić information content (AvgIpc) is 2.70. The number of carbonyl (C=O) groups excluding carboxylic acids is 1. The number of carbonyl (C=O) groups is 2. The number of aliphatic carboxylic acids is 1. The SMILES string of the molecule is CCC(C)C(C)NC(=O)N1CC(O)C[C@H]1C(=O)O. The third kappa shape index (κ3) is 3.35. The minimum absolute atomic E-state index is 0.0188. The number of hydrogen-bond acceptors (Lipinski definition) is 3. The first-order valence-corrected chi connectivity index (χ1v) is 6.34. The van der Waals surface area contributed by atoms with E-state index in [-0.39, 0.29) is 19.0 Å². The second-order valence-corrected chi connectivity index (χ2v) is 5.02. The predicted molar refractivity (Wildman–Crippen MR) is 66.2 cm³/mol. The summed E-state index contributed by atoms with van der Waals surface area (Å²) < 4.78 is 0. The number of amides is 2. The lowest BCUT2D eigenvalue weighted by atomic mass is 10.0. The number of aliphatic hydroxyl groups excluding tert-OH is 1. The van der Waals surface area contributed by atoms with Crippen LogP contribution in [0.15, 0.2) is 0 Å². The van der Waals surface area contributed by atoms with Crippen molar-refractivity contribution in [1.29, 1.82) is 0 Å². The molecule has 6 nitrogen and oxygen atoms in total. The minimum atomic E-state index is -1.07. The number of carboxylic acids is 1. The Labute approximate surface area is 107 Å². The molecule has 0 aromatic rings. The van der Waals surface area contributed by atoms with Crippen molar-refractivity contribution >= 4 is 12.0 Å². The van der Waals surface area contributed by atoms with Gasteiger partial charge in [0, 0.05) is 19.0 Å². The molecule has 1 aliphatic rings. The van der Waals surface area contributed by atoms with E-state index in [1.807, 2.05) is 20.8 Å². The third-order valence-corrected chi connectivity index (χ3v) is 3.67. The molecule has 6 heteroatoms. The summed E-state index contributed by atoms with van der Waals surface area (Å²) in [5.41, 5.74) is 0. The highest BCUT2D eigenvalue weighted by Crippen LogP contribution is 2.18. The number of aliphatic hydroxyl groups is 1. The van der Waals surface area contributed by atoms with Crippen LogP contribution in [0, 0.1) is 5.92 Å². The first-order chi connectivity index (χ1) is 8.36. The Morgan fingerprint density at radius 3 is 2.56 bits per heavy atom. The molecular formula is C12H22N2O4. The molecule has 3 N–H and O–H groups in total. The summed E-state index contributed by atoms with van der Waals surface area (Å²) in [6, 6.07) is -1.36. The van der Waals surface area contributed by atoms with E-state index < -0.39 is 24.1 Å². The summed E-state index contributed by atoms with van der Waals surface area (Å²) in [4.78, 5) is 24.2. The molecule has 0 bridgehead atoms. The molecule has 1 heterocycles. The maximum absolute atomic E-state index is 12.0. The Kier molecular flexibility index (Phi) is 4.95. The lowest BCUT2D eigenvalue weighted by molar-refractivity contribution is -0.141. The van der Waals surface area contributed by atoms with Gasteiger partial charge in [-0.05, 0) is 12.8 Å². The number of nitrogens with zero attached hydrogens (tertiary/aromatic N) is 1. The van der Waals surface area contributed by atoms with Crippen LogP contribution < -0.4 is 5.32 Å². The molecule has 0 aromatic carbocycles. The largest absolute Gasteiger partial charge is 0.480 e. The van der Waals surface area contributed by atoms with E-state index in [1.165, 1.54) is 4.90 Å². The quantitative estimate of drug-likeness (QED) is 0.690. The molecule has 0 radical (unpaired) electrons. The molecule has 1 aliphatic heterocycles. The minimum Gasteiger partial charge on any atom is -0.480 e. The second kappa shape index (κ2) is 6.04. The highest BCUT2D eigenvalue weighted by Gasteiger charge is 2.39. The van der Waals surface area contributed by atoms with Gasteiger partial charge in [0.1, 0.15) is 6.04 Å². The van der Waals surface area contributed by atoms with E-state index in [0.717, 1.165) is 6.42 Å². The Morgan fingerprint density at radius 2 is 2.06 bits per heavy atom. The van der Waals surface area contributed by atoms with E-state index in [9.17, 15) is 14.7 Å². The number of hydrogen-bond donors (Lipinski definition) is 3. The molecule has 0 aromatic heterocycles. The lowest BCUT2D eigenvalue weighted by Gasteiger charge is -2.26. The molecule has 1 saturated heterocycles. The van der Waals surface area contributed by atoms with Gasteiger partial charge in [-0.15, -0.1) is 0 Å². The fourth-order valence-corrected chi connectivity index (χ4v) is 2.05. The van der Waals surface area contributed by atoms with Crippen LogP contribution in [0.3, 0.4) is 0 Å². The summed E-state index contributed by atoms with van der Waals surface area (Å²) in [6.07, 6.45) is 0.281. The van der Waals surface area contributed by atoms with Crippen LogP contribution in [0.1, 0.15) is 33.6 Å². The fraction of sp³-hybridized carbons (Fsp3) is 0.833. The second-order valence-electron chi connectivity index (χ2n) is 5.02. The molecule has 0 saturated carbocycles. The van der Waals surface area contributed by atoms with Crippen molar-refractivity contribution in [2.45, 2.75) is 51.8 Å². The van der Waals surface area contributed by atoms with Crippen molar-refractivity contribution in [2.24, 2.45) is 5.92 Å². The van der Waals surface area contributed by atoms with Gasteiger partial charge in [-0.3, -0.25) is 0 Å². The summed E-state index contributed by atoms with van der Waals surface area (Å²) in [7, 11) is 0. The van der Waals surface area contributed by atoms with Crippen LogP contribution in [0.5, 0.6) is 0 Å². The highest BCUT2D eigenvalue weighted by atomic mass is 16.4. The number of rotatable bonds is 4. The fourth-order valence-electron chi connectivity index (χ4n) is 2.05. The van der Waals surface area contributed by atoms with Crippen molar-refractivity contribution in [3.8, 4) is 0 Å². The summed E-state index contributed by atoms with van der Waals surface area (Å²) in [6.45, 7) is 6.04. The first kappa shape index (κ1) is 14.8. The van der Waals surface area contributed by atoms with Crippen LogP contribution in [0.25, 0.3) is 0 Å². The standard InChI is InChI=1S/C12H22N2O4/c1-4-7(2)8(3)13-12(18)14-6-9(15)5-10(14)11(16)17/h7-10,15H,4-6H2,1-3H3,(H,13,18)(H,16,17)/t7?,8?,9?,10-/m0/s1. The zero-order chi connectivity index (χ0) is 13.9. The Hall–Kier alpha value is -1.30. The van der Waals surface area contributed by atoms with Gasteiger partial charge in [-0.2, -0.15) is 0 Å². The monoisotopic (exact) mass is 258 g/mol. The smallest absolute Gasteiger partial charge is 0.326 e. The maximum Gasteiger partial charge on any atom is 0.326 e. The molecule has 0 spiro atoms. The number of urea groups is 1. The van der Waals surface area contributed by atoms with Gasteiger partial charge >= 0.3 is 12.0 Å². The number of carboxylic acid groups (broad SMARTS) is 1. The Morgan fingerprint density at radius 1 is 1.44 bits per heavy atom. The molecule has 2 amide bonds. The Balaban J connectivity index is 2.63. The van der Waals surface area contributed by atoms with Crippen LogP contribution in [0.4, 0.5) is 4.79 Å². The average molecular weight is 258 g/mol. The molecule has 18 heavy (non-hydrogen) atoms. The van der Waals surface area contributed by atoms with Gasteiger partial charge < -0.3 is 20.4 Å². The van der Waals surface area contributed by atoms with Crippen LogP contribution in [-0.4, -0.2) is 51.8 Å². The van der Waals surface area contributed by atoms with Crippen molar-refractivity contribution in [3.63, 3.8) is 0 Å². The van der Waals surface area contributed by atoms with E-state index in [4.69, 9.17) is 5.11 Å². The van der Waals surface area contributed by atoms with Gasteiger partial charge in [0.15, 0.2) is 0 Å². The Bertz CT molecular complexity index is 321.